The van der Waals surface area contributed by atoms with Crippen LogP contribution in [0.1, 0.15) is 79.1 Å². The monoisotopic (exact) mass is 420 g/mol. The highest BCUT2D eigenvalue weighted by Gasteiger charge is 2.66. The molecule has 4 saturated carbocycles. The van der Waals surface area contributed by atoms with Gasteiger partial charge < -0.3 is 19.3 Å². The Kier molecular flexibility index (Phi) is 5.08. The van der Waals surface area contributed by atoms with Gasteiger partial charge in [-0.1, -0.05) is 13.8 Å². The largest absolute Gasteiger partial charge is 0.463 e. The molecular weight excluding hydrogens is 380 g/mol. The Morgan fingerprint density at radius 1 is 0.967 bits per heavy atom. The number of carbonyl (C=O) groups excluding carboxylic acids is 1. The van der Waals surface area contributed by atoms with E-state index >= 15 is 0 Å². The van der Waals surface area contributed by atoms with Crippen molar-refractivity contribution in [2.75, 3.05) is 13.2 Å². The Bertz CT molecular complexity index is 687. The molecule has 0 bridgehead atoms. The van der Waals surface area contributed by atoms with Crippen LogP contribution < -0.4 is 0 Å². The van der Waals surface area contributed by atoms with Gasteiger partial charge in [-0.05, 0) is 87.4 Å². The van der Waals surface area contributed by atoms with Gasteiger partial charge in [0, 0.05) is 18.3 Å². The molecular formula is C25H40O5. The molecule has 5 nitrogen and oxygen atoms in total. The molecule has 1 N–H and O–H groups in total. The van der Waals surface area contributed by atoms with Crippen LogP contribution in [-0.2, 0) is 19.0 Å². The minimum atomic E-state index is -0.541. The van der Waals surface area contributed by atoms with Crippen molar-refractivity contribution in [1.29, 1.82) is 0 Å². The maximum Gasteiger partial charge on any atom is 0.302 e. The lowest BCUT2D eigenvalue weighted by Gasteiger charge is -2.62. The molecule has 5 fully saturated rings. The maximum absolute atomic E-state index is 11.6. The lowest BCUT2D eigenvalue weighted by Crippen LogP contribution is -2.60. The van der Waals surface area contributed by atoms with Gasteiger partial charge in [-0.25, -0.2) is 0 Å². The number of ether oxygens (including phenoxy) is 3. The van der Waals surface area contributed by atoms with E-state index in [0.29, 0.717) is 36.9 Å². The van der Waals surface area contributed by atoms with Crippen molar-refractivity contribution in [2.24, 2.45) is 40.4 Å². The third kappa shape index (κ3) is 2.94. The molecule has 0 aromatic heterocycles. The Morgan fingerprint density at radius 2 is 1.70 bits per heavy atom. The maximum atomic E-state index is 11.6. The predicted molar refractivity (Wildman–Crippen MR) is 112 cm³/mol. The molecule has 0 amide bonds. The van der Waals surface area contributed by atoms with E-state index in [0.717, 1.165) is 32.1 Å². The molecule has 1 aliphatic heterocycles. The number of hydrogen-bond acceptors (Lipinski definition) is 5. The summed E-state index contributed by atoms with van der Waals surface area (Å²) in [7, 11) is 0. The Hall–Kier alpha value is -0.650. The Labute approximate surface area is 181 Å². The molecule has 0 radical (unpaired) electrons. The Morgan fingerprint density at radius 3 is 2.40 bits per heavy atom. The molecule has 5 aliphatic rings. The van der Waals surface area contributed by atoms with Crippen molar-refractivity contribution in [3.05, 3.63) is 0 Å². The highest BCUT2D eigenvalue weighted by atomic mass is 16.7. The molecule has 5 rings (SSSR count). The third-order valence-electron chi connectivity index (χ3n) is 10.6. The second-order valence-corrected chi connectivity index (χ2v) is 11.6. The van der Waals surface area contributed by atoms with Gasteiger partial charge >= 0.3 is 5.97 Å². The van der Waals surface area contributed by atoms with E-state index in [1.54, 1.807) is 0 Å². The van der Waals surface area contributed by atoms with E-state index < -0.39 is 5.79 Å². The minimum absolute atomic E-state index is 0.0865. The SMILES string of the molecule is CC(=O)O[C@H]1CC[C@]2(C)C3C[C@@H](O)[C@]4(C)[C@@H](C5(C)OCCO5)CC[C@H]4C3CC[C@H]2C1. The summed E-state index contributed by atoms with van der Waals surface area (Å²) in [5.41, 5.74) is 0.128. The van der Waals surface area contributed by atoms with E-state index in [9.17, 15) is 9.90 Å². The van der Waals surface area contributed by atoms with Crippen LogP contribution in [0.4, 0.5) is 0 Å². The number of rotatable bonds is 2. The zero-order chi connectivity index (χ0) is 21.3. The van der Waals surface area contributed by atoms with Gasteiger partial charge in [0.05, 0.1) is 19.3 Å². The van der Waals surface area contributed by atoms with E-state index in [2.05, 4.69) is 20.8 Å². The first kappa shape index (κ1) is 21.2. The quantitative estimate of drug-likeness (QED) is 0.675. The van der Waals surface area contributed by atoms with Crippen LogP contribution in [-0.4, -0.2) is 42.3 Å². The summed E-state index contributed by atoms with van der Waals surface area (Å²) in [5, 5.41) is 11.6. The molecule has 1 heterocycles. The van der Waals surface area contributed by atoms with E-state index in [1.807, 2.05) is 0 Å². The lowest BCUT2D eigenvalue weighted by atomic mass is 9.44. The standard InChI is InChI=1S/C25H40O5/c1-15(26)30-17-9-10-23(2)16(13-17)5-6-18-19-7-8-21(25(4)28-11-12-29-25)24(19,3)22(27)14-20(18)23/h16-22,27H,5-14H2,1-4H3/t16-,17-,18?,19-,20?,21-,22+,23-,24-/m0/s1. The normalized spacial score (nSPS) is 52.2. The first-order chi connectivity index (χ1) is 14.2. The van der Waals surface area contributed by atoms with Crippen LogP contribution in [0.5, 0.6) is 0 Å². The number of hydrogen-bond donors (Lipinski definition) is 1. The van der Waals surface area contributed by atoms with Gasteiger partial charge in [0.2, 0.25) is 0 Å². The molecule has 0 aromatic carbocycles. The fourth-order valence-corrected chi connectivity index (χ4v) is 9.10. The first-order valence-corrected chi connectivity index (χ1v) is 12.3. The van der Waals surface area contributed by atoms with Crippen molar-refractivity contribution < 1.29 is 24.1 Å². The van der Waals surface area contributed by atoms with E-state index in [4.69, 9.17) is 14.2 Å². The van der Waals surface area contributed by atoms with Gasteiger partial charge in [0.25, 0.3) is 0 Å². The molecule has 1 saturated heterocycles. The van der Waals surface area contributed by atoms with Crippen molar-refractivity contribution in [3.8, 4) is 0 Å². The third-order valence-corrected chi connectivity index (χ3v) is 10.6. The van der Waals surface area contributed by atoms with Crippen LogP contribution in [0.2, 0.25) is 0 Å². The molecule has 4 aliphatic carbocycles. The number of esters is 1. The molecule has 5 heteroatoms. The minimum Gasteiger partial charge on any atom is -0.463 e. The molecule has 9 atom stereocenters. The van der Waals surface area contributed by atoms with Gasteiger partial charge in [0.1, 0.15) is 6.10 Å². The average Bonchev–Trinajstić information content (AvgIpc) is 3.28. The molecule has 2 unspecified atom stereocenters. The second kappa shape index (κ2) is 7.18. The summed E-state index contributed by atoms with van der Waals surface area (Å²) in [6.45, 7) is 9.77. The Balaban J connectivity index is 1.39. The van der Waals surface area contributed by atoms with Crippen molar-refractivity contribution in [3.63, 3.8) is 0 Å². The summed E-state index contributed by atoms with van der Waals surface area (Å²) in [6, 6.07) is 0. The van der Waals surface area contributed by atoms with Crippen molar-refractivity contribution in [2.45, 2.75) is 97.1 Å². The van der Waals surface area contributed by atoms with Gasteiger partial charge in [0.15, 0.2) is 5.79 Å². The predicted octanol–water partition coefficient (Wildman–Crippen LogP) is 4.31. The van der Waals surface area contributed by atoms with E-state index in [1.165, 1.54) is 26.2 Å². The van der Waals surface area contributed by atoms with Gasteiger partial charge in [-0.2, -0.15) is 0 Å². The van der Waals surface area contributed by atoms with Crippen molar-refractivity contribution in [1.82, 2.24) is 0 Å². The van der Waals surface area contributed by atoms with Crippen LogP contribution >= 0.6 is 0 Å². The average molecular weight is 421 g/mol. The summed E-state index contributed by atoms with van der Waals surface area (Å²) < 4.78 is 17.8. The second-order valence-electron chi connectivity index (χ2n) is 11.6. The van der Waals surface area contributed by atoms with Gasteiger partial charge in [-0.3, -0.25) is 4.79 Å². The molecule has 170 valence electrons. The zero-order valence-electron chi connectivity index (χ0n) is 19.2. The van der Waals surface area contributed by atoms with Crippen LogP contribution in [0.3, 0.4) is 0 Å². The van der Waals surface area contributed by atoms with Crippen LogP contribution in [0, 0.1) is 40.4 Å². The first-order valence-electron chi connectivity index (χ1n) is 12.3. The lowest BCUT2D eigenvalue weighted by molar-refractivity contribution is -0.242. The highest BCUT2D eigenvalue weighted by molar-refractivity contribution is 5.66. The van der Waals surface area contributed by atoms with Gasteiger partial charge in [-0.15, -0.1) is 0 Å². The molecule has 0 spiro atoms. The number of aliphatic hydroxyl groups excluding tert-OH is 1. The zero-order valence-corrected chi connectivity index (χ0v) is 19.2. The van der Waals surface area contributed by atoms with Crippen molar-refractivity contribution >= 4 is 5.97 Å². The summed E-state index contributed by atoms with van der Waals surface area (Å²) in [4.78, 5) is 11.5. The smallest absolute Gasteiger partial charge is 0.302 e. The highest BCUT2D eigenvalue weighted by Crippen LogP contribution is 2.69. The molecule has 0 aromatic rings. The fourth-order valence-electron chi connectivity index (χ4n) is 9.10. The number of aliphatic hydroxyl groups is 1. The molecule has 30 heavy (non-hydrogen) atoms. The number of carbonyl (C=O) groups is 1. The van der Waals surface area contributed by atoms with E-state index in [-0.39, 0.29) is 34.9 Å². The summed E-state index contributed by atoms with van der Waals surface area (Å²) in [6.07, 6.45) is 8.51. The van der Waals surface area contributed by atoms with Crippen LogP contribution in [0.25, 0.3) is 0 Å². The van der Waals surface area contributed by atoms with Crippen LogP contribution in [0.15, 0.2) is 0 Å². The number of fused-ring (bicyclic) bond motifs is 5. The topological polar surface area (TPSA) is 65.0 Å². The summed E-state index contributed by atoms with van der Waals surface area (Å²) in [5.74, 6) is 1.97. The summed E-state index contributed by atoms with van der Waals surface area (Å²) >= 11 is 0. The fraction of sp³-hybridized carbons (Fsp3) is 0.960.